The molecule has 1 N–H and O–H groups in total. The summed E-state index contributed by atoms with van der Waals surface area (Å²) >= 11 is 1.81. The zero-order valence-corrected chi connectivity index (χ0v) is 10.3. The van der Waals surface area contributed by atoms with Gasteiger partial charge >= 0.3 is 0 Å². The van der Waals surface area contributed by atoms with Gasteiger partial charge in [0.2, 0.25) is 0 Å². The summed E-state index contributed by atoms with van der Waals surface area (Å²) < 4.78 is 38.7. The first-order valence-corrected chi connectivity index (χ1v) is 6.76. The van der Waals surface area contributed by atoms with Gasteiger partial charge in [0.1, 0.15) is 0 Å². The van der Waals surface area contributed by atoms with Gasteiger partial charge in [0.25, 0.3) is 5.91 Å². The summed E-state index contributed by atoms with van der Waals surface area (Å²) in [5.41, 5.74) is -0.190. The number of thioether (sulfide) groups is 1. The molecule has 1 aromatic rings. The van der Waals surface area contributed by atoms with Crippen LogP contribution >= 0.6 is 11.8 Å². The summed E-state index contributed by atoms with van der Waals surface area (Å²) in [6, 6.07) is 1.45. The number of rotatable bonds is 2. The molecule has 1 aliphatic heterocycles. The minimum absolute atomic E-state index is 0.0231. The maximum atomic E-state index is 13.0. The van der Waals surface area contributed by atoms with E-state index >= 15 is 0 Å². The summed E-state index contributed by atoms with van der Waals surface area (Å²) in [4.78, 5) is 11.8. The van der Waals surface area contributed by atoms with Gasteiger partial charge in [0.05, 0.1) is 0 Å². The smallest absolute Gasteiger partial charge is 0.251 e. The van der Waals surface area contributed by atoms with Crippen molar-refractivity contribution in [2.24, 2.45) is 0 Å². The number of amides is 1. The summed E-state index contributed by atoms with van der Waals surface area (Å²) in [6.07, 6.45) is 1.67. The second-order valence-corrected chi connectivity index (χ2v) is 5.34. The zero-order chi connectivity index (χ0) is 13.1. The van der Waals surface area contributed by atoms with E-state index in [1.165, 1.54) is 0 Å². The molecule has 0 saturated carbocycles. The van der Waals surface area contributed by atoms with Gasteiger partial charge in [-0.05, 0) is 36.5 Å². The van der Waals surface area contributed by atoms with Crippen molar-refractivity contribution in [2.45, 2.75) is 18.9 Å². The molecule has 6 heteroatoms. The molecule has 18 heavy (non-hydrogen) atoms. The van der Waals surface area contributed by atoms with E-state index in [0.717, 1.165) is 24.3 Å². The van der Waals surface area contributed by atoms with E-state index in [1.807, 2.05) is 11.8 Å². The van der Waals surface area contributed by atoms with Gasteiger partial charge in [0, 0.05) is 11.6 Å². The van der Waals surface area contributed by atoms with E-state index in [1.54, 1.807) is 0 Å². The van der Waals surface area contributed by atoms with Crippen LogP contribution in [0.4, 0.5) is 13.2 Å². The Kier molecular flexibility index (Phi) is 4.16. The monoisotopic (exact) mass is 275 g/mol. The van der Waals surface area contributed by atoms with E-state index in [9.17, 15) is 18.0 Å². The van der Waals surface area contributed by atoms with Gasteiger partial charge in [-0.25, -0.2) is 13.2 Å². The second kappa shape index (κ2) is 5.65. The first-order chi connectivity index (χ1) is 8.58. The van der Waals surface area contributed by atoms with Crippen LogP contribution in [0.5, 0.6) is 0 Å². The molecule has 0 unspecified atom stereocenters. The van der Waals surface area contributed by atoms with Crippen molar-refractivity contribution in [3.05, 3.63) is 35.1 Å². The van der Waals surface area contributed by atoms with Gasteiger partial charge < -0.3 is 5.32 Å². The summed E-state index contributed by atoms with van der Waals surface area (Å²) in [6.45, 7) is 0. The number of carbonyl (C=O) groups is 1. The van der Waals surface area contributed by atoms with Crippen molar-refractivity contribution >= 4 is 17.7 Å². The molecule has 0 atom stereocenters. The molecule has 1 fully saturated rings. The standard InChI is InChI=1S/C12H12F3NOS/c13-9-5-7(6-10(14)11(9)15)12(17)16-8-1-3-18-4-2-8/h5-6,8H,1-4H2,(H,16,17). The lowest BCUT2D eigenvalue weighted by Crippen LogP contribution is -2.37. The van der Waals surface area contributed by atoms with Crippen LogP contribution in [-0.2, 0) is 0 Å². The third-order valence-corrected chi connectivity index (χ3v) is 3.85. The number of hydrogen-bond acceptors (Lipinski definition) is 2. The molecule has 1 aliphatic rings. The Labute approximate surface area is 107 Å². The highest BCUT2D eigenvalue weighted by Crippen LogP contribution is 2.18. The lowest BCUT2D eigenvalue weighted by molar-refractivity contribution is 0.0933. The third kappa shape index (κ3) is 2.98. The van der Waals surface area contributed by atoms with Gasteiger partial charge in [-0.1, -0.05) is 0 Å². The van der Waals surface area contributed by atoms with E-state index in [4.69, 9.17) is 0 Å². The van der Waals surface area contributed by atoms with Crippen LogP contribution in [0.1, 0.15) is 23.2 Å². The fraction of sp³-hybridized carbons (Fsp3) is 0.417. The maximum absolute atomic E-state index is 13.0. The van der Waals surface area contributed by atoms with Gasteiger partial charge in [-0.2, -0.15) is 11.8 Å². The van der Waals surface area contributed by atoms with Crippen molar-refractivity contribution in [1.29, 1.82) is 0 Å². The maximum Gasteiger partial charge on any atom is 0.251 e. The Morgan fingerprint density at radius 1 is 1.17 bits per heavy atom. The lowest BCUT2D eigenvalue weighted by Gasteiger charge is -2.22. The molecule has 2 rings (SSSR count). The van der Waals surface area contributed by atoms with Crippen LogP contribution in [-0.4, -0.2) is 23.5 Å². The van der Waals surface area contributed by atoms with E-state index in [2.05, 4.69) is 5.32 Å². The number of carbonyl (C=O) groups excluding carboxylic acids is 1. The minimum atomic E-state index is -1.55. The number of halogens is 3. The lowest BCUT2D eigenvalue weighted by atomic mass is 10.1. The SMILES string of the molecule is O=C(NC1CCSCC1)c1cc(F)c(F)c(F)c1. The highest BCUT2D eigenvalue weighted by atomic mass is 32.2. The Morgan fingerprint density at radius 2 is 1.72 bits per heavy atom. The predicted octanol–water partition coefficient (Wildman–Crippen LogP) is 2.73. The first kappa shape index (κ1) is 13.3. The molecule has 0 bridgehead atoms. The van der Waals surface area contributed by atoms with Crippen molar-refractivity contribution < 1.29 is 18.0 Å². The summed E-state index contributed by atoms with van der Waals surface area (Å²) in [7, 11) is 0. The molecule has 0 aliphatic carbocycles. The van der Waals surface area contributed by atoms with Crippen LogP contribution in [0.15, 0.2) is 12.1 Å². The van der Waals surface area contributed by atoms with Gasteiger partial charge in [-0.3, -0.25) is 4.79 Å². The highest BCUT2D eigenvalue weighted by molar-refractivity contribution is 7.99. The molecular weight excluding hydrogens is 263 g/mol. The molecule has 98 valence electrons. The third-order valence-electron chi connectivity index (χ3n) is 2.80. The van der Waals surface area contributed by atoms with Crippen LogP contribution in [0.2, 0.25) is 0 Å². The minimum Gasteiger partial charge on any atom is -0.349 e. The van der Waals surface area contributed by atoms with E-state index < -0.39 is 23.4 Å². The summed E-state index contributed by atoms with van der Waals surface area (Å²) in [5.74, 6) is -2.90. The predicted molar refractivity (Wildman–Crippen MR) is 64.1 cm³/mol. The van der Waals surface area contributed by atoms with Crippen LogP contribution < -0.4 is 5.32 Å². The second-order valence-electron chi connectivity index (χ2n) is 4.11. The molecular formula is C12H12F3NOS. The Bertz CT molecular complexity index is 438. The fourth-order valence-electron chi connectivity index (χ4n) is 1.80. The molecule has 0 spiro atoms. The zero-order valence-electron chi connectivity index (χ0n) is 9.51. The fourth-order valence-corrected chi connectivity index (χ4v) is 2.90. The molecule has 0 radical (unpaired) electrons. The Morgan fingerprint density at radius 3 is 2.28 bits per heavy atom. The number of nitrogens with one attached hydrogen (secondary N) is 1. The Balaban J connectivity index is 2.08. The largest absolute Gasteiger partial charge is 0.349 e. The van der Waals surface area contributed by atoms with Crippen molar-refractivity contribution in [2.75, 3.05) is 11.5 Å². The average molecular weight is 275 g/mol. The van der Waals surface area contributed by atoms with Gasteiger partial charge in [0.15, 0.2) is 17.5 Å². The number of hydrogen-bond donors (Lipinski definition) is 1. The number of benzene rings is 1. The van der Waals surface area contributed by atoms with E-state index in [0.29, 0.717) is 12.1 Å². The molecule has 1 aromatic carbocycles. The first-order valence-electron chi connectivity index (χ1n) is 5.61. The molecule has 2 nitrogen and oxygen atoms in total. The molecule has 1 saturated heterocycles. The Hall–Kier alpha value is -1.17. The van der Waals surface area contributed by atoms with Gasteiger partial charge in [-0.15, -0.1) is 0 Å². The highest BCUT2D eigenvalue weighted by Gasteiger charge is 2.19. The molecule has 0 aromatic heterocycles. The summed E-state index contributed by atoms with van der Waals surface area (Å²) in [5, 5.41) is 2.70. The quantitative estimate of drug-likeness (QED) is 0.841. The molecule has 1 heterocycles. The van der Waals surface area contributed by atoms with Crippen LogP contribution in [0, 0.1) is 17.5 Å². The van der Waals surface area contributed by atoms with E-state index in [-0.39, 0.29) is 11.6 Å². The normalized spacial score (nSPS) is 16.6. The van der Waals surface area contributed by atoms with Crippen molar-refractivity contribution in [1.82, 2.24) is 5.32 Å². The van der Waals surface area contributed by atoms with Crippen molar-refractivity contribution in [3.8, 4) is 0 Å². The van der Waals surface area contributed by atoms with Crippen LogP contribution in [0.3, 0.4) is 0 Å². The van der Waals surface area contributed by atoms with Crippen molar-refractivity contribution in [3.63, 3.8) is 0 Å². The topological polar surface area (TPSA) is 29.1 Å². The molecule has 1 amide bonds. The average Bonchev–Trinajstić information content (AvgIpc) is 2.36. The van der Waals surface area contributed by atoms with Crippen LogP contribution in [0.25, 0.3) is 0 Å².